The van der Waals surface area contributed by atoms with Gasteiger partial charge in [0.2, 0.25) is 15.9 Å². The molecule has 2 aromatic rings. The van der Waals surface area contributed by atoms with Crippen LogP contribution >= 0.6 is 23.4 Å². The summed E-state index contributed by atoms with van der Waals surface area (Å²) in [7, 11) is -3.63. The Balaban J connectivity index is 1.45. The Morgan fingerprint density at radius 2 is 1.94 bits per heavy atom. The summed E-state index contributed by atoms with van der Waals surface area (Å²) in [6.45, 7) is 2.34. The number of anilines is 2. The second-order valence-corrected chi connectivity index (χ2v) is 10.7. The van der Waals surface area contributed by atoms with Crippen LogP contribution in [0.4, 0.5) is 11.4 Å². The molecule has 31 heavy (non-hydrogen) atoms. The summed E-state index contributed by atoms with van der Waals surface area (Å²) in [5, 5.41) is 5.88. The van der Waals surface area contributed by atoms with Crippen molar-refractivity contribution in [1.29, 1.82) is 0 Å². The molecule has 0 radical (unpaired) electrons. The van der Waals surface area contributed by atoms with Crippen LogP contribution < -0.4 is 15.5 Å². The molecule has 0 atom stereocenters. The van der Waals surface area contributed by atoms with Crippen LogP contribution in [0.15, 0.2) is 35.4 Å². The van der Waals surface area contributed by atoms with E-state index in [9.17, 15) is 18.0 Å². The maximum Gasteiger partial charge on any atom is 0.272 e. The first-order valence-corrected chi connectivity index (χ1v) is 12.7. The van der Waals surface area contributed by atoms with E-state index in [1.807, 2.05) is 4.90 Å². The lowest BCUT2D eigenvalue weighted by atomic mass is 10.2. The fourth-order valence-electron chi connectivity index (χ4n) is 3.47. The molecule has 2 fully saturated rings. The zero-order valence-electron chi connectivity index (χ0n) is 16.6. The molecule has 2 aliphatic rings. The number of amides is 2. The molecule has 1 aromatic heterocycles. The molecule has 3 heterocycles. The lowest BCUT2D eigenvalue weighted by molar-refractivity contribution is -0.120. The zero-order chi connectivity index (χ0) is 22.0. The Bertz CT molecular complexity index is 1100. The Kier molecular flexibility index (Phi) is 6.47. The highest BCUT2D eigenvalue weighted by molar-refractivity contribution is 7.99. The zero-order valence-corrected chi connectivity index (χ0v) is 18.9. The van der Waals surface area contributed by atoms with Crippen molar-refractivity contribution in [3.8, 4) is 0 Å². The summed E-state index contributed by atoms with van der Waals surface area (Å²) in [6, 6.07) is 6.38. The number of sulfonamides is 1. The first-order valence-electron chi connectivity index (χ1n) is 9.73. The number of piperazine rings is 1. The molecular formula is C19H22ClN5O4S2. The number of carbonyl (C=O) groups is 2. The maximum absolute atomic E-state index is 12.8. The lowest BCUT2D eigenvalue weighted by Crippen LogP contribution is -2.47. The van der Waals surface area contributed by atoms with Crippen molar-refractivity contribution >= 4 is 56.6 Å². The van der Waals surface area contributed by atoms with Gasteiger partial charge in [0.1, 0.15) is 10.6 Å². The van der Waals surface area contributed by atoms with Gasteiger partial charge < -0.3 is 20.5 Å². The van der Waals surface area contributed by atoms with Crippen molar-refractivity contribution in [2.75, 3.05) is 54.4 Å². The Morgan fingerprint density at radius 3 is 2.65 bits per heavy atom. The SMILES string of the molecule is O=C1CN(c2ccc(NC(=O)c3cc(S(=O)(=O)N4CCSCC4)c[nH]3)cc2Cl)CCN1. The minimum atomic E-state index is -3.63. The molecule has 0 saturated carbocycles. The van der Waals surface area contributed by atoms with Gasteiger partial charge in [-0.25, -0.2) is 8.42 Å². The quantitative estimate of drug-likeness (QED) is 0.595. The minimum absolute atomic E-state index is 0.0690. The van der Waals surface area contributed by atoms with E-state index in [2.05, 4.69) is 15.6 Å². The van der Waals surface area contributed by atoms with Gasteiger partial charge in [-0.3, -0.25) is 9.59 Å². The molecule has 12 heteroatoms. The van der Waals surface area contributed by atoms with E-state index in [0.29, 0.717) is 42.6 Å². The van der Waals surface area contributed by atoms with Gasteiger partial charge in [-0.15, -0.1) is 0 Å². The molecule has 9 nitrogen and oxygen atoms in total. The standard InChI is InChI=1S/C19H22ClN5O4S2/c20-15-9-13(1-2-17(15)24-4-3-21-18(26)12-24)23-19(27)16-10-14(11-22-16)31(28,29)25-5-7-30-8-6-25/h1-2,9-11,22H,3-8,12H2,(H,21,26)(H,23,27). The smallest absolute Gasteiger partial charge is 0.272 e. The molecular weight excluding hydrogens is 462 g/mol. The van der Waals surface area contributed by atoms with Crippen LogP contribution in [-0.4, -0.2) is 73.8 Å². The van der Waals surface area contributed by atoms with Crippen LogP contribution in [-0.2, 0) is 14.8 Å². The first-order chi connectivity index (χ1) is 14.8. The monoisotopic (exact) mass is 483 g/mol. The van der Waals surface area contributed by atoms with Crippen LogP contribution in [0.3, 0.4) is 0 Å². The third-order valence-electron chi connectivity index (χ3n) is 5.09. The number of carbonyl (C=O) groups excluding carboxylic acids is 2. The third-order valence-corrected chi connectivity index (χ3v) is 8.22. The topological polar surface area (TPSA) is 115 Å². The summed E-state index contributed by atoms with van der Waals surface area (Å²) < 4.78 is 26.9. The van der Waals surface area contributed by atoms with Crippen molar-refractivity contribution < 1.29 is 18.0 Å². The number of nitrogens with zero attached hydrogens (tertiary/aromatic N) is 2. The van der Waals surface area contributed by atoms with E-state index in [4.69, 9.17) is 11.6 Å². The normalized spacial score (nSPS) is 18.0. The van der Waals surface area contributed by atoms with Gasteiger partial charge in [-0.05, 0) is 24.3 Å². The summed E-state index contributed by atoms with van der Waals surface area (Å²) >= 11 is 8.09. The highest BCUT2D eigenvalue weighted by atomic mass is 35.5. The first kappa shape index (κ1) is 22.0. The number of benzene rings is 1. The van der Waals surface area contributed by atoms with E-state index in [-0.39, 0.29) is 23.0 Å². The van der Waals surface area contributed by atoms with E-state index in [0.717, 1.165) is 11.5 Å². The molecule has 2 amide bonds. The van der Waals surface area contributed by atoms with E-state index >= 15 is 0 Å². The van der Waals surface area contributed by atoms with Gasteiger partial charge in [0.15, 0.2) is 0 Å². The average molecular weight is 484 g/mol. The second-order valence-electron chi connectivity index (χ2n) is 7.16. The van der Waals surface area contributed by atoms with Crippen LogP contribution in [0, 0.1) is 0 Å². The maximum atomic E-state index is 12.8. The summed E-state index contributed by atoms with van der Waals surface area (Å²) in [6.07, 6.45) is 1.34. The van der Waals surface area contributed by atoms with Crippen molar-refractivity contribution in [2.24, 2.45) is 0 Å². The van der Waals surface area contributed by atoms with Crippen molar-refractivity contribution in [1.82, 2.24) is 14.6 Å². The Hall–Kier alpha value is -2.21. The molecule has 0 unspecified atom stereocenters. The summed E-state index contributed by atoms with van der Waals surface area (Å²) in [5.41, 5.74) is 1.31. The van der Waals surface area contributed by atoms with Gasteiger partial charge >= 0.3 is 0 Å². The molecule has 1 aromatic carbocycles. The molecule has 0 bridgehead atoms. The second kappa shape index (κ2) is 9.11. The van der Waals surface area contributed by atoms with Gasteiger partial charge in [0.25, 0.3) is 5.91 Å². The number of aromatic amines is 1. The molecule has 4 rings (SSSR count). The predicted octanol–water partition coefficient (Wildman–Crippen LogP) is 1.59. The van der Waals surface area contributed by atoms with Crippen LogP contribution in [0.25, 0.3) is 0 Å². The summed E-state index contributed by atoms with van der Waals surface area (Å²) in [5.74, 6) is 0.975. The van der Waals surface area contributed by atoms with Crippen molar-refractivity contribution in [3.63, 3.8) is 0 Å². The minimum Gasteiger partial charge on any atom is -0.359 e. The Labute approximate surface area is 189 Å². The third kappa shape index (κ3) is 4.84. The molecule has 2 aliphatic heterocycles. The highest BCUT2D eigenvalue weighted by Crippen LogP contribution is 2.29. The number of H-pyrrole nitrogens is 1. The fraction of sp³-hybridized carbons (Fsp3) is 0.368. The van der Waals surface area contributed by atoms with Gasteiger partial charge in [-0.1, -0.05) is 11.6 Å². The van der Waals surface area contributed by atoms with Crippen molar-refractivity contribution in [3.05, 3.63) is 41.2 Å². The van der Waals surface area contributed by atoms with Gasteiger partial charge in [-0.2, -0.15) is 16.1 Å². The largest absolute Gasteiger partial charge is 0.359 e. The molecule has 3 N–H and O–H groups in total. The number of hydrogen-bond donors (Lipinski definition) is 3. The van der Waals surface area contributed by atoms with Gasteiger partial charge in [0.05, 0.1) is 17.3 Å². The number of aromatic nitrogens is 1. The fourth-order valence-corrected chi connectivity index (χ4v) is 6.34. The van der Waals surface area contributed by atoms with Crippen LogP contribution in [0.1, 0.15) is 10.5 Å². The number of rotatable bonds is 5. The molecule has 0 spiro atoms. The highest BCUT2D eigenvalue weighted by Gasteiger charge is 2.28. The number of hydrogen-bond acceptors (Lipinski definition) is 6. The molecule has 0 aliphatic carbocycles. The van der Waals surface area contributed by atoms with Gasteiger partial charge in [0, 0.05) is 49.6 Å². The predicted molar refractivity (Wildman–Crippen MR) is 122 cm³/mol. The van der Waals surface area contributed by atoms with Crippen molar-refractivity contribution in [2.45, 2.75) is 4.90 Å². The number of halogens is 1. The molecule has 2 saturated heterocycles. The van der Waals surface area contributed by atoms with Crippen LogP contribution in [0.5, 0.6) is 0 Å². The number of nitrogens with one attached hydrogen (secondary N) is 3. The summed E-state index contributed by atoms with van der Waals surface area (Å²) in [4.78, 5) is 28.9. The van der Waals surface area contributed by atoms with E-state index in [1.165, 1.54) is 16.6 Å². The molecule has 166 valence electrons. The Morgan fingerprint density at radius 1 is 1.16 bits per heavy atom. The number of thioether (sulfide) groups is 1. The average Bonchev–Trinajstić information content (AvgIpc) is 3.26. The van der Waals surface area contributed by atoms with E-state index < -0.39 is 15.9 Å². The lowest BCUT2D eigenvalue weighted by Gasteiger charge is -2.29. The van der Waals surface area contributed by atoms with Crippen LogP contribution in [0.2, 0.25) is 5.02 Å². The van der Waals surface area contributed by atoms with E-state index in [1.54, 1.807) is 30.0 Å².